The summed E-state index contributed by atoms with van der Waals surface area (Å²) in [5.41, 5.74) is 4.79. The molecule has 1 aromatic carbocycles. The van der Waals surface area contributed by atoms with Gasteiger partial charge in [-0.1, -0.05) is 11.6 Å². The number of aromatic nitrogens is 2. The molecule has 2 aliphatic heterocycles. The fourth-order valence-electron chi connectivity index (χ4n) is 3.77. The van der Waals surface area contributed by atoms with Crippen LogP contribution >= 0.6 is 11.6 Å². The lowest BCUT2D eigenvalue weighted by Crippen LogP contribution is -2.46. The van der Waals surface area contributed by atoms with Gasteiger partial charge in [0.05, 0.1) is 23.1 Å². The number of anilines is 2. The highest BCUT2D eigenvalue weighted by molar-refractivity contribution is 6.30. The molecule has 4 N–H and O–H groups in total. The Morgan fingerprint density at radius 3 is 2.80 bits per heavy atom. The second-order valence-corrected chi connectivity index (χ2v) is 7.93. The van der Waals surface area contributed by atoms with Gasteiger partial charge in [0.15, 0.2) is 0 Å². The highest BCUT2D eigenvalue weighted by Gasteiger charge is 2.28. The van der Waals surface area contributed by atoms with E-state index in [2.05, 4.69) is 25.9 Å². The average Bonchev–Trinajstić information content (AvgIpc) is 3.08. The number of H-pyrrole nitrogens is 1. The van der Waals surface area contributed by atoms with E-state index >= 15 is 0 Å². The van der Waals surface area contributed by atoms with Crippen molar-refractivity contribution in [3.8, 4) is 17.0 Å². The molecule has 5 rings (SSSR count). The van der Waals surface area contributed by atoms with Crippen molar-refractivity contribution >= 4 is 28.9 Å². The molecule has 0 unspecified atom stereocenters. The monoisotopic (exact) mass is 423 g/mol. The third kappa shape index (κ3) is 3.62. The van der Waals surface area contributed by atoms with Crippen molar-refractivity contribution in [2.24, 2.45) is 0 Å². The highest BCUT2D eigenvalue weighted by atomic mass is 35.5. The number of fused-ring (bicyclic) bond motifs is 1. The number of hydrogen-bond donors (Lipinski definition) is 4. The maximum Gasteiger partial charge on any atom is 0.255 e. The number of nitrogens with zero attached hydrogens (tertiary/aromatic N) is 1. The molecule has 1 fully saturated rings. The fourth-order valence-corrected chi connectivity index (χ4v) is 3.89. The zero-order valence-electron chi connectivity index (χ0n) is 16.3. The highest BCUT2D eigenvalue weighted by Crippen LogP contribution is 2.40. The molecule has 2 aliphatic rings. The molecule has 0 radical (unpaired) electrons. The van der Waals surface area contributed by atoms with Crippen molar-refractivity contribution in [1.29, 1.82) is 0 Å². The van der Waals surface area contributed by atoms with Gasteiger partial charge in [-0.05, 0) is 43.3 Å². The van der Waals surface area contributed by atoms with E-state index in [0.717, 1.165) is 47.7 Å². The Balaban J connectivity index is 1.56. The lowest BCUT2D eigenvalue weighted by atomic mass is 10.0. The van der Waals surface area contributed by atoms with Crippen LogP contribution in [0.3, 0.4) is 0 Å². The summed E-state index contributed by atoms with van der Waals surface area (Å²) in [6.45, 7) is 2.22. The van der Waals surface area contributed by atoms with Gasteiger partial charge in [0, 0.05) is 47.2 Å². The van der Waals surface area contributed by atoms with E-state index in [4.69, 9.17) is 16.3 Å². The number of carbonyl (C=O) groups is 1. The first-order valence-electron chi connectivity index (χ1n) is 10.1. The van der Waals surface area contributed by atoms with Crippen LogP contribution in [-0.4, -0.2) is 41.6 Å². The van der Waals surface area contributed by atoms with Gasteiger partial charge in [-0.2, -0.15) is 0 Å². The minimum absolute atomic E-state index is 0.0922. The zero-order valence-corrected chi connectivity index (χ0v) is 17.1. The molecule has 8 heteroatoms. The van der Waals surface area contributed by atoms with E-state index in [1.165, 1.54) is 0 Å². The molecule has 0 bridgehead atoms. The first-order chi connectivity index (χ1) is 14.7. The normalized spacial score (nSPS) is 17.6. The van der Waals surface area contributed by atoms with E-state index in [-0.39, 0.29) is 5.91 Å². The van der Waals surface area contributed by atoms with Crippen LogP contribution in [0.15, 0.2) is 42.7 Å². The van der Waals surface area contributed by atoms with Gasteiger partial charge in [-0.15, -0.1) is 0 Å². The van der Waals surface area contributed by atoms with Gasteiger partial charge in [-0.25, -0.2) is 0 Å². The van der Waals surface area contributed by atoms with Gasteiger partial charge in [-0.3, -0.25) is 9.78 Å². The smallest absolute Gasteiger partial charge is 0.255 e. The average molecular weight is 424 g/mol. The van der Waals surface area contributed by atoms with E-state index in [0.29, 0.717) is 35.5 Å². The summed E-state index contributed by atoms with van der Waals surface area (Å²) in [4.78, 5) is 20.4. The van der Waals surface area contributed by atoms with Crippen molar-refractivity contribution in [2.45, 2.75) is 18.9 Å². The van der Waals surface area contributed by atoms with Crippen molar-refractivity contribution in [3.63, 3.8) is 0 Å². The number of rotatable bonds is 6. The molecule has 154 valence electrons. The Kier molecular flexibility index (Phi) is 5.06. The van der Waals surface area contributed by atoms with Crippen molar-refractivity contribution in [3.05, 3.63) is 59.0 Å². The third-order valence-electron chi connectivity index (χ3n) is 5.50. The molecule has 4 heterocycles. The predicted molar refractivity (Wildman–Crippen MR) is 117 cm³/mol. The topological polar surface area (TPSA) is 91.1 Å². The summed E-state index contributed by atoms with van der Waals surface area (Å²) >= 11 is 6.03. The minimum Gasteiger partial charge on any atom is -0.490 e. The van der Waals surface area contributed by atoms with Gasteiger partial charge >= 0.3 is 0 Å². The maximum atomic E-state index is 12.7. The number of carbonyl (C=O) groups excluding carboxylic acids is 1. The Hall–Kier alpha value is -3.03. The van der Waals surface area contributed by atoms with E-state index in [1.807, 2.05) is 30.3 Å². The predicted octanol–water partition coefficient (Wildman–Crippen LogP) is 3.50. The summed E-state index contributed by atoms with van der Waals surface area (Å²) < 4.78 is 6.08. The molecule has 7 nitrogen and oxygen atoms in total. The zero-order chi connectivity index (χ0) is 20.5. The van der Waals surface area contributed by atoms with Gasteiger partial charge < -0.3 is 25.7 Å². The maximum absolute atomic E-state index is 12.7. The molecule has 2 aromatic heterocycles. The fraction of sp³-hybridized carbons (Fsp3) is 0.273. The summed E-state index contributed by atoms with van der Waals surface area (Å²) in [5.74, 6) is 0.592. The molecule has 1 atom stereocenters. The standard InChI is InChI=1S/C22H22ClN5O2/c23-13-1-3-14(4-2-13)27-21-19-17(7-10-26-22(19)29)28-20(21)16-6-8-24-11-18(16)30-12-15-5-9-25-15/h1-4,6,8,11,15,25,27-28H,5,7,9-10,12H2,(H,26,29)/t15-/m1/s1. The van der Waals surface area contributed by atoms with Gasteiger partial charge in [0.25, 0.3) is 5.91 Å². The Bertz CT molecular complexity index is 1080. The molecule has 0 saturated carbocycles. The molecular formula is C22H22ClN5O2. The number of aromatic amines is 1. The summed E-state index contributed by atoms with van der Waals surface area (Å²) in [7, 11) is 0. The van der Waals surface area contributed by atoms with Crippen LogP contribution in [0.4, 0.5) is 11.4 Å². The summed E-state index contributed by atoms with van der Waals surface area (Å²) in [6, 6.07) is 9.68. The number of ether oxygens (including phenoxy) is 1. The summed E-state index contributed by atoms with van der Waals surface area (Å²) in [6.07, 6.45) is 5.30. The molecule has 0 aliphatic carbocycles. The van der Waals surface area contributed by atoms with Crippen LogP contribution in [0.2, 0.25) is 5.02 Å². The lowest BCUT2D eigenvalue weighted by molar-refractivity contribution is 0.0947. The number of pyridine rings is 1. The summed E-state index contributed by atoms with van der Waals surface area (Å²) in [5, 5.41) is 10.3. The number of nitrogens with one attached hydrogen (secondary N) is 4. The van der Waals surface area contributed by atoms with E-state index < -0.39 is 0 Å². The Morgan fingerprint density at radius 2 is 2.03 bits per heavy atom. The molecule has 3 aromatic rings. The number of benzene rings is 1. The largest absolute Gasteiger partial charge is 0.490 e. The van der Waals surface area contributed by atoms with Crippen LogP contribution < -0.4 is 20.7 Å². The van der Waals surface area contributed by atoms with Gasteiger partial charge in [0.1, 0.15) is 12.4 Å². The third-order valence-corrected chi connectivity index (χ3v) is 5.75. The van der Waals surface area contributed by atoms with Crippen LogP contribution in [0.25, 0.3) is 11.3 Å². The SMILES string of the molecule is O=C1NCCc2[nH]c(-c3ccncc3OC[C@H]3CCN3)c(Nc3ccc(Cl)cc3)c21. The molecule has 1 saturated heterocycles. The van der Waals surface area contributed by atoms with Crippen molar-refractivity contribution < 1.29 is 9.53 Å². The second-order valence-electron chi connectivity index (χ2n) is 7.49. The minimum atomic E-state index is -0.0922. The van der Waals surface area contributed by atoms with Crippen molar-refractivity contribution in [1.82, 2.24) is 20.6 Å². The van der Waals surface area contributed by atoms with Crippen LogP contribution in [0.1, 0.15) is 22.5 Å². The van der Waals surface area contributed by atoms with Crippen LogP contribution in [0.5, 0.6) is 5.75 Å². The number of hydrogen-bond acceptors (Lipinski definition) is 5. The molecule has 0 spiro atoms. The first-order valence-corrected chi connectivity index (χ1v) is 10.4. The molecular weight excluding hydrogens is 402 g/mol. The second kappa shape index (κ2) is 8.01. The Labute approximate surface area is 179 Å². The van der Waals surface area contributed by atoms with E-state index in [9.17, 15) is 4.79 Å². The molecule has 1 amide bonds. The number of halogens is 1. The Morgan fingerprint density at radius 1 is 1.20 bits per heavy atom. The number of amides is 1. The van der Waals surface area contributed by atoms with Crippen LogP contribution in [-0.2, 0) is 6.42 Å². The first kappa shape index (κ1) is 19.0. The van der Waals surface area contributed by atoms with Gasteiger partial charge in [0.2, 0.25) is 0 Å². The quantitative estimate of drug-likeness (QED) is 0.487. The van der Waals surface area contributed by atoms with E-state index in [1.54, 1.807) is 12.4 Å². The van der Waals surface area contributed by atoms with Crippen LogP contribution in [0, 0.1) is 0 Å². The lowest BCUT2D eigenvalue weighted by Gasteiger charge is -2.27. The van der Waals surface area contributed by atoms with Crippen molar-refractivity contribution in [2.75, 3.05) is 25.0 Å². The molecule has 30 heavy (non-hydrogen) atoms.